The van der Waals surface area contributed by atoms with Gasteiger partial charge in [-0.2, -0.15) is 0 Å². The Morgan fingerprint density at radius 3 is 2.06 bits per heavy atom. The molecule has 6 heteroatoms. The molecule has 0 radical (unpaired) electrons. The zero-order valence-corrected chi connectivity index (χ0v) is 10.2. The van der Waals surface area contributed by atoms with Gasteiger partial charge >= 0.3 is 6.03 Å². The SMILES string of the molecule is CC(O)N(C(=O)N(C=O)c1ccccc1)C(C)O. The molecule has 0 bridgehead atoms. The summed E-state index contributed by atoms with van der Waals surface area (Å²) in [4.78, 5) is 24.7. The first kappa shape index (κ1) is 14.1. The van der Waals surface area contributed by atoms with Crippen LogP contribution < -0.4 is 4.90 Å². The first-order chi connectivity index (χ1) is 8.49. The lowest BCUT2D eigenvalue weighted by atomic mass is 10.3. The van der Waals surface area contributed by atoms with Crippen molar-refractivity contribution in [2.75, 3.05) is 4.90 Å². The first-order valence-electron chi connectivity index (χ1n) is 5.47. The van der Waals surface area contributed by atoms with E-state index in [0.717, 1.165) is 9.80 Å². The largest absolute Gasteiger partial charge is 0.374 e. The van der Waals surface area contributed by atoms with Crippen molar-refractivity contribution >= 4 is 18.1 Å². The third kappa shape index (κ3) is 3.06. The highest BCUT2D eigenvalue weighted by Crippen LogP contribution is 2.15. The molecular formula is C12H16N2O4. The average Bonchev–Trinajstić information content (AvgIpc) is 2.30. The maximum atomic E-state index is 12.1. The van der Waals surface area contributed by atoms with E-state index in [1.165, 1.54) is 13.8 Å². The van der Waals surface area contributed by atoms with E-state index in [-0.39, 0.29) is 0 Å². The van der Waals surface area contributed by atoms with Gasteiger partial charge in [-0.15, -0.1) is 0 Å². The first-order valence-corrected chi connectivity index (χ1v) is 5.47. The van der Waals surface area contributed by atoms with E-state index in [4.69, 9.17) is 0 Å². The lowest BCUT2D eigenvalue weighted by Gasteiger charge is -2.31. The Morgan fingerprint density at radius 1 is 1.17 bits per heavy atom. The highest BCUT2D eigenvalue weighted by molar-refractivity contribution is 6.06. The van der Waals surface area contributed by atoms with Crippen molar-refractivity contribution in [1.29, 1.82) is 0 Å². The van der Waals surface area contributed by atoms with Crippen LogP contribution in [0.4, 0.5) is 10.5 Å². The van der Waals surface area contributed by atoms with Crippen LogP contribution in [0.3, 0.4) is 0 Å². The fourth-order valence-electron chi connectivity index (χ4n) is 1.56. The van der Waals surface area contributed by atoms with E-state index in [0.29, 0.717) is 12.1 Å². The molecule has 0 aliphatic rings. The molecule has 1 rings (SSSR count). The number of hydrogen-bond acceptors (Lipinski definition) is 4. The second-order valence-corrected chi connectivity index (χ2v) is 3.76. The van der Waals surface area contributed by atoms with Gasteiger partial charge in [-0.1, -0.05) is 18.2 Å². The van der Waals surface area contributed by atoms with Crippen LogP contribution >= 0.6 is 0 Å². The molecule has 98 valence electrons. The number of urea groups is 1. The van der Waals surface area contributed by atoms with E-state index in [1.54, 1.807) is 30.3 Å². The highest BCUT2D eigenvalue weighted by atomic mass is 16.3. The minimum atomic E-state index is -1.20. The summed E-state index contributed by atoms with van der Waals surface area (Å²) in [5.74, 6) is 0. The van der Waals surface area contributed by atoms with Crippen molar-refractivity contribution in [2.45, 2.75) is 26.3 Å². The van der Waals surface area contributed by atoms with Gasteiger partial charge in [-0.25, -0.2) is 9.69 Å². The molecule has 0 aliphatic carbocycles. The second-order valence-electron chi connectivity index (χ2n) is 3.76. The number of imide groups is 1. The molecule has 0 aliphatic heterocycles. The van der Waals surface area contributed by atoms with Crippen LogP contribution in [0.15, 0.2) is 30.3 Å². The fraction of sp³-hybridized carbons (Fsp3) is 0.333. The molecule has 0 fully saturated rings. The molecule has 0 saturated carbocycles. The summed E-state index contributed by atoms with van der Waals surface area (Å²) in [6, 6.07) is 7.46. The van der Waals surface area contributed by atoms with Gasteiger partial charge in [0.2, 0.25) is 6.41 Å². The van der Waals surface area contributed by atoms with Crippen LogP contribution in [0.2, 0.25) is 0 Å². The number of aliphatic hydroxyl groups excluding tert-OH is 2. The zero-order valence-electron chi connectivity index (χ0n) is 10.2. The van der Waals surface area contributed by atoms with E-state index < -0.39 is 18.5 Å². The number of hydrogen-bond donors (Lipinski definition) is 2. The summed E-state index contributed by atoms with van der Waals surface area (Å²) < 4.78 is 0. The summed E-state index contributed by atoms with van der Waals surface area (Å²) in [5, 5.41) is 18.9. The van der Waals surface area contributed by atoms with Crippen molar-refractivity contribution in [2.24, 2.45) is 0 Å². The number of benzene rings is 1. The fourth-order valence-corrected chi connectivity index (χ4v) is 1.56. The molecule has 18 heavy (non-hydrogen) atoms. The quantitative estimate of drug-likeness (QED) is 0.612. The Bertz CT molecular complexity index is 398. The Morgan fingerprint density at radius 2 is 1.67 bits per heavy atom. The Hall–Kier alpha value is -1.92. The molecule has 2 atom stereocenters. The summed E-state index contributed by atoms with van der Waals surface area (Å²) in [6.07, 6.45) is -2.07. The van der Waals surface area contributed by atoms with Crippen molar-refractivity contribution < 1.29 is 19.8 Å². The van der Waals surface area contributed by atoms with Crippen LogP contribution in [0.1, 0.15) is 13.8 Å². The second kappa shape index (κ2) is 6.13. The molecule has 0 aromatic heterocycles. The number of amides is 3. The molecule has 6 nitrogen and oxygen atoms in total. The summed E-state index contributed by atoms with van der Waals surface area (Å²) in [7, 11) is 0. The molecule has 2 N–H and O–H groups in total. The Labute approximate surface area is 105 Å². The number of anilines is 1. The average molecular weight is 252 g/mol. The third-order valence-electron chi connectivity index (χ3n) is 2.37. The van der Waals surface area contributed by atoms with E-state index in [1.807, 2.05) is 0 Å². The number of para-hydroxylation sites is 1. The zero-order chi connectivity index (χ0) is 13.7. The van der Waals surface area contributed by atoms with Gasteiger partial charge in [0.05, 0.1) is 5.69 Å². The van der Waals surface area contributed by atoms with E-state index >= 15 is 0 Å². The molecule has 2 unspecified atom stereocenters. The number of aliphatic hydroxyl groups is 2. The predicted octanol–water partition coefficient (Wildman–Crippen LogP) is 0.748. The van der Waals surface area contributed by atoms with Crippen molar-refractivity contribution in [3.63, 3.8) is 0 Å². The minimum Gasteiger partial charge on any atom is -0.374 e. The van der Waals surface area contributed by atoms with Crippen LogP contribution in [0.25, 0.3) is 0 Å². The molecule has 0 spiro atoms. The van der Waals surface area contributed by atoms with Gasteiger partial charge in [0.1, 0.15) is 12.5 Å². The highest BCUT2D eigenvalue weighted by Gasteiger charge is 2.28. The molecular weight excluding hydrogens is 236 g/mol. The molecule has 1 aromatic carbocycles. The van der Waals surface area contributed by atoms with Crippen molar-refractivity contribution in [1.82, 2.24) is 4.90 Å². The number of rotatable bonds is 4. The number of carbonyl (C=O) groups excluding carboxylic acids is 2. The Balaban J connectivity index is 3.02. The molecule has 1 aromatic rings. The smallest absolute Gasteiger partial charge is 0.335 e. The van der Waals surface area contributed by atoms with Crippen LogP contribution in [0.5, 0.6) is 0 Å². The standard InChI is InChI=1S/C12H16N2O4/c1-9(16)14(10(2)17)12(18)13(8-15)11-6-4-3-5-7-11/h3-10,16-17H,1-2H3. The molecule has 0 heterocycles. The van der Waals surface area contributed by atoms with Gasteiger partial charge in [-0.05, 0) is 26.0 Å². The van der Waals surface area contributed by atoms with Gasteiger partial charge < -0.3 is 10.2 Å². The topological polar surface area (TPSA) is 81.1 Å². The number of carbonyl (C=O) groups is 2. The molecule has 0 saturated heterocycles. The lowest BCUT2D eigenvalue weighted by molar-refractivity contribution is -0.107. The number of nitrogens with zero attached hydrogens (tertiary/aromatic N) is 2. The van der Waals surface area contributed by atoms with Crippen LogP contribution in [-0.4, -0.2) is 40.0 Å². The summed E-state index contributed by atoms with van der Waals surface area (Å²) in [6.45, 7) is 2.66. The maximum absolute atomic E-state index is 12.1. The third-order valence-corrected chi connectivity index (χ3v) is 2.37. The van der Waals surface area contributed by atoms with E-state index in [9.17, 15) is 19.8 Å². The Kier molecular flexibility index (Phi) is 4.82. The van der Waals surface area contributed by atoms with Gasteiger partial charge in [-0.3, -0.25) is 9.69 Å². The van der Waals surface area contributed by atoms with Crippen molar-refractivity contribution in [3.05, 3.63) is 30.3 Å². The van der Waals surface area contributed by atoms with Crippen LogP contribution in [0, 0.1) is 0 Å². The van der Waals surface area contributed by atoms with Gasteiger partial charge in [0, 0.05) is 0 Å². The maximum Gasteiger partial charge on any atom is 0.335 e. The van der Waals surface area contributed by atoms with Crippen LogP contribution in [-0.2, 0) is 4.79 Å². The van der Waals surface area contributed by atoms with Gasteiger partial charge in [0.25, 0.3) is 0 Å². The normalized spacial score (nSPS) is 13.6. The minimum absolute atomic E-state index is 0.343. The predicted molar refractivity (Wildman–Crippen MR) is 65.6 cm³/mol. The van der Waals surface area contributed by atoms with Crippen molar-refractivity contribution in [3.8, 4) is 0 Å². The van der Waals surface area contributed by atoms with Gasteiger partial charge in [0.15, 0.2) is 0 Å². The summed E-state index contributed by atoms with van der Waals surface area (Å²) >= 11 is 0. The monoisotopic (exact) mass is 252 g/mol. The lowest BCUT2D eigenvalue weighted by Crippen LogP contribution is -2.51. The van der Waals surface area contributed by atoms with E-state index in [2.05, 4.69) is 0 Å². The molecule has 3 amide bonds. The summed E-state index contributed by atoms with van der Waals surface area (Å²) in [5.41, 5.74) is 0.365.